The number of methoxy groups -OCH3 is 1. The molecular formula is C17H14ClF3O2. The Bertz CT molecular complexity index is 694. The molecule has 23 heavy (non-hydrogen) atoms. The zero-order chi connectivity index (χ0) is 17.0. The van der Waals surface area contributed by atoms with Gasteiger partial charge < -0.3 is 4.74 Å². The Morgan fingerprint density at radius 2 is 1.61 bits per heavy atom. The van der Waals surface area contributed by atoms with Crippen LogP contribution in [0, 0.1) is 0 Å². The monoisotopic (exact) mass is 342 g/mol. The second kappa shape index (κ2) is 7.04. The van der Waals surface area contributed by atoms with Gasteiger partial charge >= 0.3 is 6.18 Å². The fourth-order valence-electron chi connectivity index (χ4n) is 2.14. The lowest BCUT2D eigenvalue weighted by Crippen LogP contribution is -2.08. The Morgan fingerprint density at radius 1 is 1.04 bits per heavy atom. The fraction of sp³-hybridized carbons (Fsp3) is 0.235. The SMILES string of the molecule is COc1cc(CC(=O)Cc2ccc(C(F)(F)F)cc2)ccc1Cl. The summed E-state index contributed by atoms with van der Waals surface area (Å²) < 4.78 is 42.5. The summed E-state index contributed by atoms with van der Waals surface area (Å²) in [4.78, 5) is 12.1. The smallest absolute Gasteiger partial charge is 0.416 e. The Labute approximate surface area is 136 Å². The van der Waals surface area contributed by atoms with Crippen molar-refractivity contribution >= 4 is 17.4 Å². The summed E-state index contributed by atoms with van der Waals surface area (Å²) in [7, 11) is 1.48. The number of halogens is 4. The summed E-state index contributed by atoms with van der Waals surface area (Å²) in [6.07, 6.45) is -4.14. The molecule has 0 saturated heterocycles. The van der Waals surface area contributed by atoms with Crippen molar-refractivity contribution in [2.45, 2.75) is 19.0 Å². The van der Waals surface area contributed by atoms with Crippen molar-refractivity contribution in [2.75, 3.05) is 7.11 Å². The van der Waals surface area contributed by atoms with Gasteiger partial charge in [0.2, 0.25) is 0 Å². The van der Waals surface area contributed by atoms with Crippen molar-refractivity contribution in [3.8, 4) is 5.75 Å². The normalized spacial score (nSPS) is 11.3. The minimum absolute atomic E-state index is 0.0725. The number of Topliss-reactive ketones (excluding diaryl/α,β-unsaturated/α-hetero) is 1. The first-order chi connectivity index (χ1) is 10.8. The predicted molar refractivity (Wildman–Crippen MR) is 81.9 cm³/mol. The quantitative estimate of drug-likeness (QED) is 0.785. The molecule has 0 radical (unpaired) electrons. The van der Waals surface area contributed by atoms with Gasteiger partial charge in [-0.05, 0) is 35.4 Å². The van der Waals surface area contributed by atoms with Crippen molar-refractivity contribution in [1.82, 2.24) is 0 Å². The number of rotatable bonds is 5. The van der Waals surface area contributed by atoms with E-state index in [4.69, 9.17) is 16.3 Å². The highest BCUT2D eigenvalue weighted by atomic mass is 35.5. The minimum atomic E-state index is -4.37. The summed E-state index contributed by atoms with van der Waals surface area (Å²) in [5.74, 6) is 0.376. The molecule has 2 aromatic rings. The van der Waals surface area contributed by atoms with E-state index in [1.165, 1.54) is 19.2 Å². The van der Waals surface area contributed by atoms with E-state index in [2.05, 4.69) is 0 Å². The number of ketones is 1. The molecule has 0 aliphatic carbocycles. The third-order valence-corrected chi connectivity index (χ3v) is 3.61. The van der Waals surface area contributed by atoms with Crippen LogP contribution in [0.2, 0.25) is 5.02 Å². The van der Waals surface area contributed by atoms with Gasteiger partial charge in [-0.3, -0.25) is 4.79 Å². The van der Waals surface area contributed by atoms with E-state index in [1.807, 2.05) is 0 Å². The molecule has 2 rings (SSSR count). The fourth-order valence-corrected chi connectivity index (χ4v) is 2.34. The van der Waals surface area contributed by atoms with Gasteiger partial charge in [0.15, 0.2) is 0 Å². The van der Waals surface area contributed by atoms with Crippen LogP contribution < -0.4 is 4.74 Å². The Morgan fingerprint density at radius 3 is 2.17 bits per heavy atom. The van der Waals surface area contributed by atoms with Crippen molar-refractivity contribution in [3.63, 3.8) is 0 Å². The zero-order valence-corrected chi connectivity index (χ0v) is 13.0. The molecule has 2 aromatic carbocycles. The van der Waals surface area contributed by atoms with E-state index >= 15 is 0 Å². The van der Waals surface area contributed by atoms with Crippen LogP contribution in [0.5, 0.6) is 5.75 Å². The number of hydrogen-bond donors (Lipinski definition) is 0. The lowest BCUT2D eigenvalue weighted by atomic mass is 10.0. The average Bonchev–Trinajstić information content (AvgIpc) is 2.48. The average molecular weight is 343 g/mol. The first-order valence-corrected chi connectivity index (χ1v) is 7.17. The van der Waals surface area contributed by atoms with Crippen LogP contribution in [0.25, 0.3) is 0 Å². The van der Waals surface area contributed by atoms with Crippen LogP contribution >= 0.6 is 11.6 Å². The number of alkyl halides is 3. The van der Waals surface area contributed by atoms with Gasteiger partial charge in [-0.1, -0.05) is 29.8 Å². The number of ether oxygens (including phenoxy) is 1. The highest BCUT2D eigenvalue weighted by Gasteiger charge is 2.29. The number of carbonyl (C=O) groups is 1. The molecule has 0 aliphatic heterocycles. The third-order valence-electron chi connectivity index (χ3n) is 3.30. The summed E-state index contributed by atoms with van der Waals surface area (Å²) >= 11 is 5.91. The first kappa shape index (κ1) is 17.3. The molecule has 6 heteroatoms. The van der Waals surface area contributed by atoms with E-state index in [-0.39, 0.29) is 18.6 Å². The van der Waals surface area contributed by atoms with Crippen LogP contribution in [0.4, 0.5) is 13.2 Å². The van der Waals surface area contributed by atoms with Crippen LogP contribution in [0.15, 0.2) is 42.5 Å². The maximum Gasteiger partial charge on any atom is 0.416 e. The molecule has 0 N–H and O–H groups in total. The highest BCUT2D eigenvalue weighted by Crippen LogP contribution is 2.29. The van der Waals surface area contributed by atoms with Gasteiger partial charge in [-0.15, -0.1) is 0 Å². The molecular weight excluding hydrogens is 329 g/mol. The van der Waals surface area contributed by atoms with Gasteiger partial charge in [-0.2, -0.15) is 13.2 Å². The third kappa shape index (κ3) is 4.73. The van der Waals surface area contributed by atoms with E-state index < -0.39 is 11.7 Å². The van der Waals surface area contributed by atoms with E-state index in [9.17, 15) is 18.0 Å². The molecule has 0 aliphatic rings. The molecule has 2 nitrogen and oxygen atoms in total. The van der Waals surface area contributed by atoms with Gasteiger partial charge in [-0.25, -0.2) is 0 Å². The van der Waals surface area contributed by atoms with E-state index in [0.717, 1.165) is 17.7 Å². The maximum atomic E-state index is 12.5. The van der Waals surface area contributed by atoms with Crippen LogP contribution in [0.3, 0.4) is 0 Å². The molecule has 0 amide bonds. The van der Waals surface area contributed by atoms with Crippen molar-refractivity contribution in [1.29, 1.82) is 0 Å². The molecule has 0 bridgehead atoms. The predicted octanol–water partition coefficient (Wildman–Crippen LogP) is 4.72. The summed E-state index contributed by atoms with van der Waals surface area (Å²) in [6, 6.07) is 9.64. The number of carbonyl (C=O) groups excluding carboxylic acids is 1. The van der Waals surface area contributed by atoms with E-state index in [1.54, 1.807) is 18.2 Å². The molecule has 0 spiro atoms. The van der Waals surface area contributed by atoms with Crippen LogP contribution in [-0.2, 0) is 23.8 Å². The van der Waals surface area contributed by atoms with Gasteiger partial charge in [0.05, 0.1) is 17.7 Å². The van der Waals surface area contributed by atoms with Gasteiger partial charge in [0.25, 0.3) is 0 Å². The second-order valence-electron chi connectivity index (χ2n) is 5.06. The lowest BCUT2D eigenvalue weighted by Gasteiger charge is -2.08. The van der Waals surface area contributed by atoms with Gasteiger partial charge in [0.1, 0.15) is 11.5 Å². The lowest BCUT2D eigenvalue weighted by molar-refractivity contribution is -0.137. The van der Waals surface area contributed by atoms with Crippen molar-refractivity contribution < 1.29 is 22.7 Å². The minimum Gasteiger partial charge on any atom is -0.495 e. The Kier molecular flexibility index (Phi) is 5.31. The largest absolute Gasteiger partial charge is 0.495 e. The Balaban J connectivity index is 2.02. The Hall–Kier alpha value is -2.01. The first-order valence-electron chi connectivity index (χ1n) is 6.80. The molecule has 0 unspecified atom stereocenters. The summed E-state index contributed by atoms with van der Waals surface area (Å²) in [6.45, 7) is 0. The van der Waals surface area contributed by atoms with Crippen molar-refractivity contribution in [3.05, 3.63) is 64.2 Å². The number of hydrogen-bond acceptors (Lipinski definition) is 2. The standard InChI is InChI=1S/C17H14ClF3O2/c1-23-16-10-12(4-7-15(16)18)9-14(22)8-11-2-5-13(6-3-11)17(19,20)21/h2-7,10H,8-9H2,1H3. The molecule has 0 saturated carbocycles. The van der Waals surface area contributed by atoms with Crippen LogP contribution in [-0.4, -0.2) is 12.9 Å². The molecule has 0 heterocycles. The van der Waals surface area contributed by atoms with Crippen LogP contribution in [0.1, 0.15) is 16.7 Å². The van der Waals surface area contributed by atoms with Crippen molar-refractivity contribution in [2.24, 2.45) is 0 Å². The van der Waals surface area contributed by atoms with Gasteiger partial charge in [0, 0.05) is 12.8 Å². The molecule has 0 aromatic heterocycles. The summed E-state index contributed by atoms with van der Waals surface area (Å²) in [5.41, 5.74) is 0.559. The molecule has 122 valence electrons. The summed E-state index contributed by atoms with van der Waals surface area (Å²) in [5, 5.41) is 0.450. The maximum absolute atomic E-state index is 12.5. The highest BCUT2D eigenvalue weighted by molar-refractivity contribution is 6.32. The number of benzene rings is 2. The molecule has 0 atom stereocenters. The second-order valence-corrected chi connectivity index (χ2v) is 5.46. The van der Waals surface area contributed by atoms with E-state index in [0.29, 0.717) is 16.3 Å². The zero-order valence-electron chi connectivity index (χ0n) is 12.3. The topological polar surface area (TPSA) is 26.3 Å². The molecule has 0 fully saturated rings.